The topological polar surface area (TPSA) is 252 Å². The van der Waals surface area contributed by atoms with E-state index in [0.717, 1.165) is 115 Å². The number of nitrogens with zero attached hydrogens (tertiary/aromatic N) is 1. The van der Waals surface area contributed by atoms with E-state index in [1.165, 1.54) is 92.0 Å². The van der Waals surface area contributed by atoms with Gasteiger partial charge in [-0.2, -0.15) is 0 Å². The van der Waals surface area contributed by atoms with Crippen molar-refractivity contribution in [2.45, 2.75) is 298 Å². The van der Waals surface area contributed by atoms with Crippen molar-refractivity contribution in [1.29, 1.82) is 0 Å². The number of nitrogens with one attached hydrogen (secondary N) is 1. The molecule has 15 rings (SSSR count). The second kappa shape index (κ2) is 34.3. The number of ether oxygens (including phenoxy) is 3. The van der Waals surface area contributed by atoms with Gasteiger partial charge in [-0.1, -0.05) is 92.6 Å². The summed E-state index contributed by atoms with van der Waals surface area (Å²) in [6, 6.07) is 15.0. The Kier molecular flexibility index (Phi) is 27.1. The molecule has 2 aromatic carbocycles. The number of esters is 3. The van der Waals surface area contributed by atoms with Gasteiger partial charge in [0.15, 0.2) is 0 Å². The second-order valence-corrected chi connectivity index (χ2v) is 39.4. The van der Waals surface area contributed by atoms with Crippen LogP contribution in [0.25, 0.3) is 0 Å². The van der Waals surface area contributed by atoms with Crippen molar-refractivity contribution in [2.24, 2.45) is 145 Å². The van der Waals surface area contributed by atoms with Gasteiger partial charge < -0.3 is 47.1 Å². The number of aliphatic hydroxyl groups is 4. The van der Waals surface area contributed by atoms with Crippen molar-refractivity contribution in [1.82, 2.24) is 10.2 Å². The molecule has 7 N–H and O–H groups in total. The van der Waals surface area contributed by atoms with E-state index < -0.39 is 0 Å². The molecule has 16 nitrogen and oxygen atoms in total. The molecule has 1 heterocycles. The average molecular weight is 1520 g/mol. The molecular formula is C91H139BN3NaO13+. The van der Waals surface area contributed by atoms with Crippen LogP contribution in [0.3, 0.4) is 0 Å². The van der Waals surface area contributed by atoms with Gasteiger partial charge in [0.25, 0.3) is 17.7 Å². The van der Waals surface area contributed by atoms with Crippen LogP contribution in [-0.4, -0.2) is 127 Å². The molecule has 599 valence electrons. The fourth-order valence-electron chi connectivity index (χ4n) is 29.6. The third-order valence-electron chi connectivity index (χ3n) is 35.7. The molecule has 3 amide bonds. The summed E-state index contributed by atoms with van der Waals surface area (Å²) < 4.78 is 14.6. The fourth-order valence-corrected chi connectivity index (χ4v) is 29.6. The first-order valence-corrected chi connectivity index (χ1v) is 42.9. The van der Waals surface area contributed by atoms with Crippen LogP contribution < -0.4 is 40.6 Å². The van der Waals surface area contributed by atoms with Gasteiger partial charge in [-0.05, 0) is 336 Å². The van der Waals surface area contributed by atoms with Crippen molar-refractivity contribution in [3.63, 3.8) is 0 Å². The molecule has 1 aliphatic heterocycles. The molecule has 30 atom stereocenters. The molecule has 2 aromatic rings. The van der Waals surface area contributed by atoms with Gasteiger partial charge in [-0.15, -0.1) is 0 Å². The number of amides is 3. The van der Waals surface area contributed by atoms with Crippen LogP contribution in [0.5, 0.6) is 0 Å². The minimum Gasteiger partial charge on any atom is -1.00 e. The summed E-state index contributed by atoms with van der Waals surface area (Å²) in [4.78, 5) is 76.3. The maximum atomic E-state index is 13.2. The van der Waals surface area contributed by atoms with Crippen LogP contribution in [0.2, 0.25) is 0 Å². The smallest absolute Gasteiger partial charge is 1.00 e. The first-order chi connectivity index (χ1) is 50.9. The number of hydrogen-bond acceptors (Lipinski definition) is 14. The number of fused-ring (bicyclic) bond motifs is 16. The summed E-state index contributed by atoms with van der Waals surface area (Å²) in [6.07, 6.45) is 29.6. The van der Waals surface area contributed by atoms with Crippen molar-refractivity contribution < 1.29 is 95.8 Å². The van der Waals surface area contributed by atoms with E-state index >= 15 is 0 Å². The zero-order valence-electron chi connectivity index (χ0n) is 71.0. The Labute approximate surface area is 680 Å². The van der Waals surface area contributed by atoms with E-state index in [9.17, 15) is 49.2 Å². The number of imide groups is 1. The van der Waals surface area contributed by atoms with Crippen LogP contribution in [0, 0.1) is 139 Å². The summed E-state index contributed by atoms with van der Waals surface area (Å²) in [5, 5.41) is 48.1. The predicted octanol–water partition coefficient (Wildman–Crippen LogP) is 12.7. The third-order valence-corrected chi connectivity index (χ3v) is 35.7. The zero-order valence-corrected chi connectivity index (χ0v) is 71.0. The van der Waals surface area contributed by atoms with Gasteiger partial charge in [0.05, 0.1) is 57.4 Å². The number of methoxy groups -OCH3 is 3. The number of hydrogen-bond donors (Lipinski definition) is 6. The van der Waals surface area contributed by atoms with Crippen LogP contribution in [0.1, 0.15) is 294 Å². The summed E-state index contributed by atoms with van der Waals surface area (Å²) in [5.74, 6) is 9.07. The molecule has 0 bridgehead atoms. The number of carbonyl (C=O) groups excluding carboxylic acids is 6. The minimum atomic E-state index is -0.332. The Morgan fingerprint density at radius 3 is 1.28 bits per heavy atom. The summed E-state index contributed by atoms with van der Waals surface area (Å²) >= 11 is 0. The number of benzene rings is 2. The van der Waals surface area contributed by atoms with E-state index in [2.05, 4.69) is 67.6 Å². The van der Waals surface area contributed by atoms with E-state index in [0.29, 0.717) is 148 Å². The van der Waals surface area contributed by atoms with E-state index in [-0.39, 0.29) is 141 Å². The predicted molar refractivity (Wildman–Crippen MR) is 421 cm³/mol. The molecule has 12 fully saturated rings. The number of nitrogens with two attached hydrogens (primary N) is 1. The Bertz CT molecular complexity index is 3540. The molecule has 109 heavy (non-hydrogen) atoms. The summed E-state index contributed by atoms with van der Waals surface area (Å²) in [6.45, 7) is 21.2. The normalized spacial score (nSPS) is 42.7. The molecule has 12 unspecified atom stereocenters. The summed E-state index contributed by atoms with van der Waals surface area (Å²) in [5.41, 5.74) is 9.20. The van der Waals surface area contributed by atoms with Gasteiger partial charge in [0.2, 0.25) is 0 Å². The zero-order chi connectivity index (χ0) is 76.6. The standard InChI is InChI=1S/C33H45NO5.C33H49NO5.C25H43NO3.B.Na.H/c1-19(9-14-29(36)39-4)25-12-13-26-24-11-10-20-17-21(34-30(37)22-7-5-6-8-23(22)31(34)38)15-16-32(20,2)27(24)18-28(35)33(25,26)3;1-20(9-14-30(37)39-4)26-12-13-27-25-11-10-22-17-23(34-31(38)24-8-6-5-7-21(24)19-35)15-16-32(22,2)28(25)18-29(36)33(26,27)3;1-15(5-10-23(28)29-4)19-8-9-20-18-7-6-16-13-17(26)11-12-24(16,2)21(18)14-22(27)25(19,20)3;;;/h5-8,19-21,24-28,35H,9-18H2,1-4H3;5-8,20,22-23,25-29,35-36H,9-19H2,1-4H3,(H,34,38);15-22,27H,5-14,26H2,1-4H3;;;/q;;;;+1;-1/p+1/t19?,20-,21+,24?,25-,26?,27?,28+,32+,33-;20?,22-,23+,25?,26-,27?,28?,29+,32+,33-;15?,16-,17+,18?,19-,20?,21?,22+,24+,25-;;;/m111.../s1. The fraction of sp³-hybridized carbons (Fsp3) is 0.802. The molecule has 12 saturated carbocycles. The quantitative estimate of drug-likeness (QED) is 0.0396. The third kappa shape index (κ3) is 15.3. The van der Waals surface area contributed by atoms with Crippen molar-refractivity contribution in [3.8, 4) is 0 Å². The Hall–Kier alpha value is -3.68. The largest absolute Gasteiger partial charge is 1.00 e. The number of rotatable bonds is 16. The number of aliphatic hydroxyl groups excluding tert-OH is 4. The van der Waals surface area contributed by atoms with Gasteiger partial charge in [-0.25, -0.2) is 0 Å². The monoisotopic (exact) mass is 1520 g/mol. The van der Waals surface area contributed by atoms with Gasteiger partial charge in [0.1, 0.15) is 0 Å². The molecular weight excluding hydrogens is 1380 g/mol. The maximum Gasteiger partial charge on any atom is 1.00 e. The Balaban J connectivity index is 0.000000190. The Morgan fingerprint density at radius 2 is 0.872 bits per heavy atom. The van der Waals surface area contributed by atoms with E-state index in [1.54, 1.807) is 23.1 Å². The van der Waals surface area contributed by atoms with Crippen LogP contribution in [0.15, 0.2) is 48.5 Å². The van der Waals surface area contributed by atoms with Gasteiger partial charge in [-0.3, -0.25) is 33.7 Å². The minimum absolute atomic E-state index is 0. The molecule has 3 radical (unpaired) electrons. The van der Waals surface area contributed by atoms with Crippen molar-refractivity contribution >= 4 is 44.0 Å². The second-order valence-electron chi connectivity index (χ2n) is 39.4. The molecule has 13 aliphatic rings. The van der Waals surface area contributed by atoms with Crippen LogP contribution in [-0.2, 0) is 35.2 Å². The first kappa shape index (κ1) is 86.2. The molecule has 12 aliphatic carbocycles. The maximum absolute atomic E-state index is 13.2. The van der Waals surface area contributed by atoms with Crippen LogP contribution in [0.4, 0.5) is 0 Å². The van der Waals surface area contributed by atoms with Crippen molar-refractivity contribution in [2.75, 3.05) is 21.3 Å². The average Bonchev–Trinajstić information content (AvgIpc) is 1.67. The molecule has 18 heteroatoms. The van der Waals surface area contributed by atoms with Gasteiger partial charge >= 0.3 is 48.9 Å². The summed E-state index contributed by atoms with van der Waals surface area (Å²) in [7, 11) is 4.38. The molecule has 0 spiro atoms. The van der Waals surface area contributed by atoms with E-state index in [4.69, 9.17) is 19.9 Å². The van der Waals surface area contributed by atoms with Crippen LogP contribution >= 0.6 is 0 Å². The molecule has 0 aromatic heterocycles. The molecule has 0 saturated heterocycles. The Morgan fingerprint density at radius 1 is 0.505 bits per heavy atom. The number of carbonyl (C=O) groups is 6. The first-order valence-electron chi connectivity index (χ1n) is 42.9. The van der Waals surface area contributed by atoms with Gasteiger partial charge in [0, 0.05) is 51.4 Å². The van der Waals surface area contributed by atoms with Crippen molar-refractivity contribution in [3.05, 3.63) is 70.8 Å². The van der Waals surface area contributed by atoms with E-state index in [1.807, 2.05) is 30.3 Å². The SMILES string of the molecule is COC(=O)CCC(C)[C@H]1CCC2C3CC[C@@H]4C[C@@H](N)CC[C@]4(C)C3C[C@H](O)[C@@]21C.COC(=O)CCC(C)[C@H]1CCC2C3CC[C@@H]4C[C@@H](N5C(=O)c6ccccc6C5=O)CC[C@]4(C)C3C[C@H](O)[C@@]21C.COC(=O)CCC(C)[C@H]1CCC2C3CC[C@@H]4C[C@@H](NC(=O)c5ccccc5CO)CC[C@]4(C)C3C[C@H](O)[C@@]21C.[B].[H+].[H-].[Na+].